The highest BCUT2D eigenvalue weighted by molar-refractivity contribution is 6.32. The molecule has 0 radical (unpaired) electrons. The summed E-state index contributed by atoms with van der Waals surface area (Å²) in [7, 11) is 0. The molecule has 0 bridgehead atoms. The van der Waals surface area contributed by atoms with Crippen LogP contribution in [-0.2, 0) is 0 Å². The molecule has 0 amide bonds. The van der Waals surface area contributed by atoms with E-state index >= 15 is 0 Å². The van der Waals surface area contributed by atoms with Crippen LogP contribution in [0.1, 0.15) is 25.3 Å². The summed E-state index contributed by atoms with van der Waals surface area (Å²) < 4.78 is 0. The Morgan fingerprint density at radius 3 is 3.00 bits per heavy atom. The van der Waals surface area contributed by atoms with Crippen molar-refractivity contribution in [1.29, 1.82) is 5.26 Å². The summed E-state index contributed by atoms with van der Waals surface area (Å²) >= 11 is 6.15. The maximum absolute atomic E-state index is 9.33. The van der Waals surface area contributed by atoms with Crippen molar-refractivity contribution in [3.05, 3.63) is 28.8 Å². The van der Waals surface area contributed by atoms with Crippen molar-refractivity contribution in [2.45, 2.75) is 31.8 Å². The van der Waals surface area contributed by atoms with Gasteiger partial charge < -0.3 is 4.90 Å². The van der Waals surface area contributed by atoms with E-state index < -0.39 is 0 Å². The number of anilines is 1. The van der Waals surface area contributed by atoms with E-state index in [2.05, 4.69) is 22.8 Å². The van der Waals surface area contributed by atoms with Crippen molar-refractivity contribution in [1.82, 2.24) is 4.90 Å². The van der Waals surface area contributed by atoms with E-state index in [1.54, 1.807) is 6.07 Å². The summed E-state index contributed by atoms with van der Waals surface area (Å²) in [5.74, 6) is 0. The van der Waals surface area contributed by atoms with Gasteiger partial charge in [-0.1, -0.05) is 17.7 Å². The molecule has 2 unspecified atom stereocenters. The van der Waals surface area contributed by atoms with E-state index in [0.717, 1.165) is 18.8 Å². The molecule has 2 saturated heterocycles. The van der Waals surface area contributed by atoms with E-state index in [-0.39, 0.29) is 0 Å². The van der Waals surface area contributed by atoms with Crippen LogP contribution >= 0.6 is 11.6 Å². The molecule has 3 rings (SSSR count). The van der Waals surface area contributed by atoms with Crippen molar-refractivity contribution in [3.63, 3.8) is 0 Å². The SMILES string of the molecule is CC1CN2CCCC2CN1c1cccc(Cl)c1C#N. The molecule has 2 atom stereocenters. The molecule has 2 aliphatic heterocycles. The van der Waals surface area contributed by atoms with Gasteiger partial charge in [-0.05, 0) is 38.4 Å². The van der Waals surface area contributed by atoms with Crippen LogP contribution in [0.2, 0.25) is 5.02 Å². The molecule has 19 heavy (non-hydrogen) atoms. The predicted octanol–water partition coefficient (Wildman–Crippen LogP) is 2.88. The van der Waals surface area contributed by atoms with Gasteiger partial charge in [0.15, 0.2) is 0 Å². The van der Waals surface area contributed by atoms with Gasteiger partial charge in [0.2, 0.25) is 0 Å². The fourth-order valence-corrected chi connectivity index (χ4v) is 3.60. The van der Waals surface area contributed by atoms with E-state index in [1.807, 2.05) is 12.1 Å². The van der Waals surface area contributed by atoms with Gasteiger partial charge in [-0.15, -0.1) is 0 Å². The first-order valence-corrected chi connectivity index (χ1v) is 7.28. The zero-order chi connectivity index (χ0) is 13.4. The predicted molar refractivity (Wildman–Crippen MR) is 77.6 cm³/mol. The zero-order valence-corrected chi connectivity index (χ0v) is 11.9. The second-order valence-corrected chi connectivity index (χ2v) is 5.95. The second-order valence-electron chi connectivity index (χ2n) is 5.54. The first-order valence-electron chi connectivity index (χ1n) is 6.90. The van der Waals surface area contributed by atoms with Gasteiger partial charge in [-0.2, -0.15) is 5.26 Å². The maximum Gasteiger partial charge on any atom is 0.103 e. The Morgan fingerprint density at radius 2 is 2.21 bits per heavy atom. The topological polar surface area (TPSA) is 30.3 Å². The molecule has 0 spiro atoms. The standard InChI is InChI=1S/C15H18ClN3/c1-11-9-18-7-3-4-12(18)10-19(11)15-6-2-5-14(16)13(15)8-17/h2,5-6,11-12H,3-4,7,9-10H2,1H3. The van der Waals surface area contributed by atoms with Crippen LogP contribution in [0.3, 0.4) is 0 Å². The molecular formula is C15H18ClN3. The average Bonchev–Trinajstić information content (AvgIpc) is 2.84. The van der Waals surface area contributed by atoms with Crippen LogP contribution in [0.25, 0.3) is 0 Å². The van der Waals surface area contributed by atoms with E-state index in [1.165, 1.54) is 19.4 Å². The number of fused-ring (bicyclic) bond motifs is 1. The number of halogens is 1. The average molecular weight is 276 g/mol. The second kappa shape index (κ2) is 5.03. The lowest BCUT2D eigenvalue weighted by Crippen LogP contribution is -2.55. The Morgan fingerprint density at radius 1 is 1.37 bits per heavy atom. The van der Waals surface area contributed by atoms with Crippen LogP contribution in [0.15, 0.2) is 18.2 Å². The van der Waals surface area contributed by atoms with Crippen LogP contribution in [0.5, 0.6) is 0 Å². The Balaban J connectivity index is 1.94. The smallest absolute Gasteiger partial charge is 0.103 e. The molecule has 2 heterocycles. The first kappa shape index (κ1) is 12.8. The zero-order valence-electron chi connectivity index (χ0n) is 11.1. The molecule has 2 fully saturated rings. The number of rotatable bonds is 1. The van der Waals surface area contributed by atoms with Crippen LogP contribution in [0, 0.1) is 11.3 Å². The Kier molecular flexibility index (Phi) is 3.38. The number of nitriles is 1. The Hall–Kier alpha value is -1.24. The van der Waals surface area contributed by atoms with Crippen LogP contribution in [-0.4, -0.2) is 36.6 Å². The van der Waals surface area contributed by atoms with Crippen LogP contribution < -0.4 is 4.90 Å². The minimum absolute atomic E-state index is 0.430. The molecule has 1 aromatic carbocycles. The number of nitrogens with zero attached hydrogens (tertiary/aromatic N) is 3. The monoisotopic (exact) mass is 275 g/mol. The largest absolute Gasteiger partial charge is 0.365 e. The van der Waals surface area contributed by atoms with Crippen LogP contribution in [0.4, 0.5) is 5.69 Å². The third-order valence-corrected chi connectivity index (χ3v) is 4.67. The fourth-order valence-electron chi connectivity index (χ4n) is 3.39. The van der Waals surface area contributed by atoms with Gasteiger partial charge in [0.25, 0.3) is 0 Å². The van der Waals surface area contributed by atoms with E-state index in [4.69, 9.17) is 11.6 Å². The molecular weight excluding hydrogens is 258 g/mol. The first-order chi connectivity index (χ1) is 9.20. The molecule has 4 heteroatoms. The minimum atomic E-state index is 0.430. The lowest BCUT2D eigenvalue weighted by molar-refractivity contribution is 0.203. The molecule has 100 valence electrons. The highest BCUT2D eigenvalue weighted by Gasteiger charge is 2.35. The van der Waals surface area contributed by atoms with Crippen molar-refractivity contribution in [3.8, 4) is 6.07 Å². The normalized spacial score (nSPS) is 27.1. The molecule has 0 N–H and O–H groups in total. The Labute approximate surface area is 119 Å². The van der Waals surface area contributed by atoms with Gasteiger partial charge in [-0.25, -0.2) is 0 Å². The fraction of sp³-hybridized carbons (Fsp3) is 0.533. The number of benzene rings is 1. The summed E-state index contributed by atoms with van der Waals surface area (Å²) in [5.41, 5.74) is 1.61. The lowest BCUT2D eigenvalue weighted by Gasteiger charge is -2.44. The third kappa shape index (κ3) is 2.20. The summed E-state index contributed by atoms with van der Waals surface area (Å²) in [6.07, 6.45) is 2.57. The summed E-state index contributed by atoms with van der Waals surface area (Å²) in [6.45, 7) is 5.55. The van der Waals surface area contributed by atoms with E-state index in [0.29, 0.717) is 22.7 Å². The number of hydrogen-bond donors (Lipinski definition) is 0. The molecule has 3 nitrogen and oxygen atoms in total. The van der Waals surface area contributed by atoms with Gasteiger partial charge >= 0.3 is 0 Å². The lowest BCUT2D eigenvalue weighted by atomic mass is 10.0. The van der Waals surface area contributed by atoms with E-state index in [9.17, 15) is 5.26 Å². The third-order valence-electron chi connectivity index (χ3n) is 4.35. The number of hydrogen-bond acceptors (Lipinski definition) is 3. The van der Waals surface area contributed by atoms with Gasteiger partial charge in [0, 0.05) is 25.2 Å². The molecule has 0 saturated carbocycles. The molecule has 1 aromatic rings. The van der Waals surface area contributed by atoms with Crippen molar-refractivity contribution in [2.75, 3.05) is 24.5 Å². The minimum Gasteiger partial charge on any atom is -0.365 e. The van der Waals surface area contributed by atoms with Gasteiger partial charge in [0.05, 0.1) is 16.3 Å². The summed E-state index contributed by atoms with van der Waals surface area (Å²) in [5, 5.41) is 9.89. The quantitative estimate of drug-likeness (QED) is 0.789. The van der Waals surface area contributed by atoms with Crippen molar-refractivity contribution >= 4 is 17.3 Å². The van der Waals surface area contributed by atoms with Gasteiger partial charge in [0.1, 0.15) is 6.07 Å². The summed E-state index contributed by atoms with van der Waals surface area (Å²) in [4.78, 5) is 4.94. The molecule has 2 aliphatic rings. The van der Waals surface area contributed by atoms with Gasteiger partial charge in [-0.3, -0.25) is 4.90 Å². The van der Waals surface area contributed by atoms with Crippen molar-refractivity contribution in [2.24, 2.45) is 0 Å². The Bertz CT molecular complexity index is 523. The highest BCUT2D eigenvalue weighted by atomic mass is 35.5. The maximum atomic E-state index is 9.33. The van der Waals surface area contributed by atoms with Crippen molar-refractivity contribution < 1.29 is 0 Å². The molecule has 0 aliphatic carbocycles. The molecule has 0 aromatic heterocycles. The summed E-state index contributed by atoms with van der Waals surface area (Å²) in [6, 6.07) is 9.07. The highest BCUT2D eigenvalue weighted by Crippen LogP contribution is 2.33. The number of piperazine rings is 1.